The molecule has 0 aliphatic heterocycles. The maximum Gasteiger partial charge on any atom is -0.00817 e. The molecular formula is C47H46. The van der Waals surface area contributed by atoms with E-state index in [2.05, 4.69) is 177 Å². The molecule has 0 heterocycles. The fraction of sp³-hybridized carbons (Fsp3) is 0.234. The maximum absolute atomic E-state index is 2.49. The smallest absolute Gasteiger partial charge is 0.00817 e. The van der Waals surface area contributed by atoms with Crippen LogP contribution in [0.15, 0.2) is 115 Å². The minimum atomic E-state index is -0.0437. The number of rotatable bonds is 4. The van der Waals surface area contributed by atoms with Crippen LogP contribution in [-0.4, -0.2) is 0 Å². The van der Waals surface area contributed by atoms with Crippen LogP contribution >= 0.6 is 0 Å². The first-order valence-electron chi connectivity index (χ1n) is 17.1. The average molecular weight is 611 g/mol. The number of fused-ring (bicyclic) bond motifs is 3. The van der Waals surface area contributed by atoms with Gasteiger partial charge in [0.05, 0.1) is 0 Å². The Morgan fingerprint density at radius 2 is 1.17 bits per heavy atom. The van der Waals surface area contributed by atoms with Crippen molar-refractivity contribution < 1.29 is 0 Å². The van der Waals surface area contributed by atoms with Crippen LogP contribution in [0.3, 0.4) is 0 Å². The molecule has 0 aromatic heterocycles. The molecular weight excluding hydrogens is 565 g/mol. The molecule has 0 N–H and O–H groups in total. The van der Waals surface area contributed by atoms with Gasteiger partial charge in [-0.2, -0.15) is 0 Å². The van der Waals surface area contributed by atoms with Crippen molar-refractivity contribution in [3.63, 3.8) is 0 Å². The number of hydrogen-bond acceptors (Lipinski definition) is 0. The van der Waals surface area contributed by atoms with E-state index in [0.29, 0.717) is 0 Å². The van der Waals surface area contributed by atoms with E-state index in [1.807, 2.05) is 0 Å². The summed E-state index contributed by atoms with van der Waals surface area (Å²) in [6, 6.07) is 38.4. The van der Waals surface area contributed by atoms with Gasteiger partial charge in [-0.15, -0.1) is 0 Å². The van der Waals surface area contributed by atoms with Gasteiger partial charge < -0.3 is 0 Å². The predicted molar refractivity (Wildman–Crippen MR) is 205 cm³/mol. The molecule has 0 nitrogen and oxygen atoms in total. The number of benzene rings is 5. The molecule has 0 amide bonds. The summed E-state index contributed by atoms with van der Waals surface area (Å²) in [5.74, 6) is 0. The normalized spacial score (nSPS) is 13.9. The summed E-state index contributed by atoms with van der Waals surface area (Å²) in [4.78, 5) is 0. The standard InChI is InChI=1S/C47H46/c1-30(2)41-29-42-39-23-22-37(46(3,4)5)27-36(39)28-43(42)44(45(41)47(6,7)8)40-21-15-20-38(40)35-25-33(31-16-11-9-12-17-31)24-34(26-35)32-18-13-10-14-19-32/h9-20,22-29H,21H2,1-8H3. The van der Waals surface area contributed by atoms with Crippen LogP contribution in [-0.2, 0) is 10.8 Å². The van der Waals surface area contributed by atoms with Crippen LogP contribution in [0.4, 0.5) is 0 Å². The largest absolute Gasteiger partial charge is 0.0795 e. The second-order valence-electron chi connectivity index (χ2n) is 15.6. The molecule has 0 bridgehead atoms. The van der Waals surface area contributed by atoms with E-state index in [4.69, 9.17) is 0 Å². The lowest BCUT2D eigenvalue weighted by atomic mass is 9.76. The summed E-state index contributed by atoms with van der Waals surface area (Å²) < 4.78 is 0. The summed E-state index contributed by atoms with van der Waals surface area (Å²) in [6.45, 7) is 18.6. The van der Waals surface area contributed by atoms with E-state index < -0.39 is 0 Å². The Morgan fingerprint density at radius 3 is 1.72 bits per heavy atom. The van der Waals surface area contributed by atoms with Gasteiger partial charge in [0, 0.05) is 0 Å². The van der Waals surface area contributed by atoms with E-state index in [1.165, 1.54) is 88.4 Å². The van der Waals surface area contributed by atoms with Crippen LogP contribution in [0.5, 0.6) is 0 Å². The lowest BCUT2D eigenvalue weighted by molar-refractivity contribution is 0.583. The Labute approximate surface area is 281 Å². The molecule has 2 aliphatic rings. The fourth-order valence-electron chi connectivity index (χ4n) is 7.50. The van der Waals surface area contributed by atoms with Gasteiger partial charge in [0.25, 0.3) is 0 Å². The zero-order valence-electron chi connectivity index (χ0n) is 29.3. The van der Waals surface area contributed by atoms with Crippen LogP contribution in [0.1, 0.15) is 89.6 Å². The monoisotopic (exact) mass is 610 g/mol. The van der Waals surface area contributed by atoms with Gasteiger partial charge in [0.15, 0.2) is 0 Å². The van der Waals surface area contributed by atoms with Crippen molar-refractivity contribution >= 4 is 22.8 Å². The first-order valence-corrected chi connectivity index (χ1v) is 17.1. The summed E-state index contributed by atoms with van der Waals surface area (Å²) in [7, 11) is 0. The van der Waals surface area contributed by atoms with Gasteiger partial charge in [-0.3, -0.25) is 0 Å². The van der Waals surface area contributed by atoms with Crippen molar-refractivity contribution in [2.45, 2.75) is 72.6 Å². The highest BCUT2D eigenvalue weighted by molar-refractivity contribution is 6.02. The molecule has 0 spiro atoms. The molecule has 47 heavy (non-hydrogen) atoms. The van der Waals surface area contributed by atoms with Gasteiger partial charge >= 0.3 is 0 Å². The van der Waals surface area contributed by atoms with E-state index >= 15 is 0 Å². The second kappa shape index (κ2) is 11.5. The molecule has 0 saturated carbocycles. The van der Waals surface area contributed by atoms with E-state index in [9.17, 15) is 0 Å². The molecule has 7 rings (SSSR count). The van der Waals surface area contributed by atoms with Crippen molar-refractivity contribution in [3.05, 3.63) is 154 Å². The fourth-order valence-corrected chi connectivity index (χ4v) is 7.50. The third-order valence-corrected chi connectivity index (χ3v) is 9.86. The number of hydrogen-bond donors (Lipinski definition) is 0. The van der Waals surface area contributed by atoms with Crippen molar-refractivity contribution in [2.24, 2.45) is 0 Å². The zero-order valence-corrected chi connectivity index (χ0v) is 29.3. The first kappa shape index (κ1) is 30.9. The summed E-state index contributed by atoms with van der Waals surface area (Å²) in [6.07, 6.45) is 8.15. The molecule has 0 atom stereocenters. The Bertz CT molecular complexity index is 2150. The predicted octanol–water partition coefficient (Wildman–Crippen LogP) is 11.5. The highest BCUT2D eigenvalue weighted by Crippen LogP contribution is 2.42. The molecule has 0 radical (unpaired) electrons. The van der Waals surface area contributed by atoms with Gasteiger partial charge in [-0.25, -0.2) is 0 Å². The molecule has 0 saturated heterocycles. The summed E-state index contributed by atoms with van der Waals surface area (Å²) in [5, 5.41) is 2.76. The molecule has 0 heteroatoms. The Hall–Kier alpha value is -4.68. The van der Waals surface area contributed by atoms with Gasteiger partial charge in [0.2, 0.25) is 0 Å². The molecule has 234 valence electrons. The SMILES string of the molecule is CC(C)=c1cc2c(c(C3=C(c4cc(-c5ccccc5)cc(-c5ccccc5)c4)C=CC3)c1C(C)(C)C)=Cc1cc(C(C)(C)C)ccc1-2. The van der Waals surface area contributed by atoms with Crippen molar-refractivity contribution in [1.29, 1.82) is 0 Å². The van der Waals surface area contributed by atoms with Gasteiger partial charge in [-0.05, 0) is 144 Å². The minimum absolute atomic E-state index is 0.0437. The Morgan fingerprint density at radius 1 is 0.574 bits per heavy atom. The van der Waals surface area contributed by atoms with E-state index in [-0.39, 0.29) is 10.8 Å². The third-order valence-electron chi connectivity index (χ3n) is 9.86. The third kappa shape index (κ3) is 5.65. The lowest BCUT2D eigenvalue weighted by Gasteiger charge is -2.27. The highest BCUT2D eigenvalue weighted by Gasteiger charge is 2.29. The maximum atomic E-state index is 2.49. The first-order chi connectivity index (χ1) is 22.4. The van der Waals surface area contributed by atoms with Gasteiger partial charge in [-0.1, -0.05) is 138 Å². The lowest BCUT2D eigenvalue weighted by Crippen LogP contribution is -2.31. The average Bonchev–Trinajstić information content (AvgIpc) is 3.68. The molecule has 0 fully saturated rings. The van der Waals surface area contributed by atoms with Crippen LogP contribution in [0.2, 0.25) is 0 Å². The summed E-state index contributed by atoms with van der Waals surface area (Å²) in [5.41, 5.74) is 18.7. The Balaban J connectivity index is 1.56. The molecule has 5 aromatic rings. The van der Waals surface area contributed by atoms with Crippen LogP contribution in [0.25, 0.3) is 56.2 Å². The van der Waals surface area contributed by atoms with E-state index in [1.54, 1.807) is 0 Å². The van der Waals surface area contributed by atoms with Crippen LogP contribution < -0.4 is 10.4 Å². The zero-order chi connectivity index (χ0) is 33.1. The quantitative estimate of drug-likeness (QED) is 0.186. The molecule has 0 unspecified atom stereocenters. The number of allylic oxidation sites excluding steroid dienone is 4. The van der Waals surface area contributed by atoms with Crippen molar-refractivity contribution in [1.82, 2.24) is 0 Å². The Kier molecular flexibility index (Phi) is 7.59. The van der Waals surface area contributed by atoms with Crippen LogP contribution in [0, 0.1) is 0 Å². The van der Waals surface area contributed by atoms with Crippen molar-refractivity contribution in [2.75, 3.05) is 0 Å². The van der Waals surface area contributed by atoms with E-state index in [0.717, 1.165) is 6.42 Å². The molecule has 2 aliphatic carbocycles. The van der Waals surface area contributed by atoms with Crippen molar-refractivity contribution in [3.8, 4) is 33.4 Å². The second-order valence-corrected chi connectivity index (χ2v) is 15.6. The molecule has 5 aromatic carbocycles. The van der Waals surface area contributed by atoms with Gasteiger partial charge in [0.1, 0.15) is 0 Å². The topological polar surface area (TPSA) is 0 Å². The minimum Gasteiger partial charge on any atom is -0.0795 e. The highest BCUT2D eigenvalue weighted by atomic mass is 14.3. The summed E-state index contributed by atoms with van der Waals surface area (Å²) >= 11 is 0.